The number of β-amino-alcohol motifs (C(OH)–C–C–N with tert-alkyl or cyclic N) is 1. The maximum absolute atomic E-state index is 12.7. The van der Waals surface area contributed by atoms with Gasteiger partial charge >= 0.3 is 0 Å². The third-order valence-electron chi connectivity index (χ3n) is 7.07. The van der Waals surface area contributed by atoms with Crippen molar-refractivity contribution in [3.63, 3.8) is 0 Å². The predicted octanol–water partition coefficient (Wildman–Crippen LogP) is 4.76. The van der Waals surface area contributed by atoms with Crippen molar-refractivity contribution >= 4 is 39.2 Å². The second kappa shape index (κ2) is 10.1. The number of hydrogen-bond donors (Lipinski definition) is 2. The second-order valence-corrected chi connectivity index (χ2v) is 10.9. The largest absolute Gasteiger partial charge is 0.497 e. The number of hydrogen-bond acceptors (Lipinski definition) is 5. The molecule has 33 heavy (non-hydrogen) atoms. The van der Waals surface area contributed by atoms with E-state index in [0.29, 0.717) is 19.4 Å². The van der Waals surface area contributed by atoms with E-state index in [2.05, 4.69) is 38.8 Å². The molecule has 2 fully saturated rings. The van der Waals surface area contributed by atoms with Gasteiger partial charge in [0.05, 0.1) is 12.7 Å². The van der Waals surface area contributed by atoms with Crippen LogP contribution < -0.4 is 10.1 Å². The molecule has 2 N–H and O–H groups in total. The Morgan fingerprint density at radius 1 is 1.42 bits per heavy atom. The number of rotatable bonds is 7. The first-order chi connectivity index (χ1) is 15.9. The molecule has 1 aliphatic carbocycles. The lowest BCUT2D eigenvalue weighted by atomic mass is 9.55. The summed E-state index contributed by atoms with van der Waals surface area (Å²) < 4.78 is 6.51. The van der Waals surface area contributed by atoms with E-state index < -0.39 is 11.0 Å². The zero-order valence-electron chi connectivity index (χ0n) is 18.9. The first kappa shape index (κ1) is 24.2. The SMILES string of the molecule is C=CCN1CC[C@@]2(c3cccc(OC)c3)C[C@H](NC(=O)C=Cc3cc(Br)cs3)CC[C@]2(O)C1. The molecule has 1 aliphatic heterocycles. The molecule has 5 nitrogen and oxygen atoms in total. The molecular weight excluding hydrogens is 500 g/mol. The number of fused-ring (bicyclic) bond motifs is 1. The molecule has 2 aliphatic rings. The molecule has 1 aromatic carbocycles. The third-order valence-corrected chi connectivity index (χ3v) is 8.73. The number of ether oxygens (including phenoxy) is 1. The Kier molecular flexibility index (Phi) is 7.43. The molecular formula is C26H31BrN2O3S. The van der Waals surface area contributed by atoms with Gasteiger partial charge in [0.1, 0.15) is 5.75 Å². The molecule has 1 amide bonds. The van der Waals surface area contributed by atoms with Crippen LogP contribution in [0.3, 0.4) is 0 Å². The highest BCUT2D eigenvalue weighted by Gasteiger charge is 2.57. The quantitative estimate of drug-likeness (QED) is 0.400. The lowest BCUT2D eigenvalue weighted by Crippen LogP contribution is -2.67. The molecule has 176 valence electrons. The van der Waals surface area contributed by atoms with Gasteiger partial charge in [-0.15, -0.1) is 17.9 Å². The molecule has 2 aromatic rings. The van der Waals surface area contributed by atoms with E-state index in [1.807, 2.05) is 41.8 Å². The van der Waals surface area contributed by atoms with Gasteiger partial charge < -0.3 is 15.2 Å². The zero-order chi connectivity index (χ0) is 23.5. The molecule has 3 atom stereocenters. The minimum atomic E-state index is -0.874. The topological polar surface area (TPSA) is 61.8 Å². The summed E-state index contributed by atoms with van der Waals surface area (Å²) in [6.45, 7) is 6.11. The number of piperidine rings is 1. The van der Waals surface area contributed by atoms with Crippen molar-refractivity contribution in [2.75, 3.05) is 26.7 Å². The molecule has 1 aromatic heterocycles. The fraction of sp³-hybridized carbons (Fsp3) is 0.423. The molecule has 0 bridgehead atoms. The maximum atomic E-state index is 12.7. The smallest absolute Gasteiger partial charge is 0.244 e. The van der Waals surface area contributed by atoms with Crippen LogP contribution in [0.4, 0.5) is 0 Å². The van der Waals surface area contributed by atoms with Gasteiger partial charge in [0, 0.05) is 45.4 Å². The van der Waals surface area contributed by atoms with Gasteiger partial charge in [-0.25, -0.2) is 0 Å². The molecule has 1 saturated heterocycles. The number of amides is 1. The van der Waals surface area contributed by atoms with Crippen molar-refractivity contribution in [3.8, 4) is 5.75 Å². The van der Waals surface area contributed by atoms with Crippen LogP contribution in [0.2, 0.25) is 0 Å². The van der Waals surface area contributed by atoms with Gasteiger partial charge in [0.15, 0.2) is 0 Å². The minimum Gasteiger partial charge on any atom is -0.497 e. The summed E-state index contributed by atoms with van der Waals surface area (Å²) in [4.78, 5) is 16.0. The summed E-state index contributed by atoms with van der Waals surface area (Å²) in [5.74, 6) is 0.689. The lowest BCUT2D eigenvalue weighted by Gasteiger charge is -2.58. The Hall–Kier alpha value is -1.93. The maximum Gasteiger partial charge on any atom is 0.244 e. The van der Waals surface area contributed by atoms with Crippen molar-refractivity contribution in [1.29, 1.82) is 0 Å². The summed E-state index contributed by atoms with van der Waals surface area (Å²) in [6.07, 6.45) is 8.23. The normalized spacial score (nSPS) is 27.8. The Bertz CT molecular complexity index is 1040. The van der Waals surface area contributed by atoms with Gasteiger partial charge in [-0.05, 0) is 78.0 Å². The zero-order valence-corrected chi connectivity index (χ0v) is 21.3. The van der Waals surface area contributed by atoms with Crippen molar-refractivity contribution in [2.45, 2.75) is 42.7 Å². The Balaban J connectivity index is 1.57. The van der Waals surface area contributed by atoms with E-state index in [0.717, 1.165) is 46.6 Å². The van der Waals surface area contributed by atoms with Crippen LogP contribution in [0.15, 0.2) is 58.9 Å². The Morgan fingerprint density at radius 3 is 3.00 bits per heavy atom. The molecule has 0 radical (unpaired) electrons. The number of carbonyl (C=O) groups is 1. The van der Waals surface area contributed by atoms with Crippen molar-refractivity contribution in [1.82, 2.24) is 10.2 Å². The van der Waals surface area contributed by atoms with Crippen LogP contribution in [-0.2, 0) is 10.2 Å². The monoisotopic (exact) mass is 530 g/mol. The van der Waals surface area contributed by atoms with Gasteiger partial charge in [0.25, 0.3) is 0 Å². The number of thiophene rings is 1. The van der Waals surface area contributed by atoms with E-state index >= 15 is 0 Å². The molecule has 4 rings (SSSR count). The molecule has 0 unspecified atom stereocenters. The summed E-state index contributed by atoms with van der Waals surface area (Å²) in [7, 11) is 1.66. The summed E-state index contributed by atoms with van der Waals surface area (Å²) in [5.41, 5.74) is -0.237. The molecule has 0 spiro atoms. The average Bonchev–Trinajstić information content (AvgIpc) is 3.23. The third kappa shape index (κ3) is 5.11. The van der Waals surface area contributed by atoms with Crippen LogP contribution in [0.5, 0.6) is 5.75 Å². The molecule has 1 saturated carbocycles. The number of likely N-dealkylation sites (tertiary alicyclic amines) is 1. The number of aliphatic hydroxyl groups is 1. The van der Waals surface area contributed by atoms with Gasteiger partial charge in [-0.3, -0.25) is 9.69 Å². The minimum absolute atomic E-state index is 0.00495. The lowest BCUT2D eigenvalue weighted by molar-refractivity contribution is -0.130. The predicted molar refractivity (Wildman–Crippen MR) is 138 cm³/mol. The number of nitrogens with one attached hydrogen (secondary N) is 1. The highest BCUT2D eigenvalue weighted by Crippen LogP contribution is 2.52. The fourth-order valence-electron chi connectivity index (χ4n) is 5.46. The number of nitrogens with zero attached hydrogens (tertiary/aromatic N) is 1. The van der Waals surface area contributed by atoms with E-state index in [1.165, 1.54) is 0 Å². The average molecular weight is 532 g/mol. The summed E-state index contributed by atoms with van der Waals surface area (Å²) in [6, 6.07) is 10.0. The van der Waals surface area contributed by atoms with E-state index in [1.54, 1.807) is 24.5 Å². The van der Waals surface area contributed by atoms with Crippen molar-refractivity contribution < 1.29 is 14.6 Å². The summed E-state index contributed by atoms with van der Waals surface area (Å²) >= 11 is 5.03. The standard InChI is InChI=1S/C26H31BrN2O3S/c1-3-12-29-13-11-25(19-5-4-6-22(14-19)32-2)16-21(9-10-26(25,31)18-29)28-24(30)8-7-23-15-20(27)17-33-23/h3-8,14-15,17,21,31H,1,9-13,16,18H2,2H3,(H,28,30)/t21-,25+,26+/m1/s1. The van der Waals surface area contributed by atoms with Crippen molar-refractivity contribution in [2.24, 2.45) is 0 Å². The number of benzene rings is 1. The van der Waals surface area contributed by atoms with Crippen LogP contribution in [0.1, 0.15) is 36.1 Å². The highest BCUT2D eigenvalue weighted by atomic mass is 79.9. The van der Waals surface area contributed by atoms with Gasteiger partial charge in [-0.1, -0.05) is 18.2 Å². The first-order valence-electron chi connectivity index (χ1n) is 11.3. The highest BCUT2D eigenvalue weighted by molar-refractivity contribution is 9.10. The van der Waals surface area contributed by atoms with Crippen LogP contribution in [-0.4, -0.2) is 54.3 Å². The van der Waals surface area contributed by atoms with Crippen LogP contribution in [0.25, 0.3) is 6.08 Å². The fourth-order valence-corrected chi connectivity index (χ4v) is 6.80. The van der Waals surface area contributed by atoms with Crippen LogP contribution in [0, 0.1) is 0 Å². The molecule has 7 heteroatoms. The number of methoxy groups -OCH3 is 1. The van der Waals surface area contributed by atoms with E-state index in [-0.39, 0.29) is 11.9 Å². The second-order valence-electron chi connectivity index (χ2n) is 9.07. The van der Waals surface area contributed by atoms with Crippen molar-refractivity contribution in [3.05, 3.63) is 69.4 Å². The number of halogens is 1. The molecule has 2 heterocycles. The van der Waals surface area contributed by atoms with E-state index in [9.17, 15) is 9.90 Å². The number of carbonyl (C=O) groups excluding carboxylic acids is 1. The van der Waals surface area contributed by atoms with E-state index in [4.69, 9.17) is 4.74 Å². The Morgan fingerprint density at radius 2 is 2.27 bits per heavy atom. The van der Waals surface area contributed by atoms with Gasteiger partial charge in [-0.2, -0.15) is 0 Å². The summed E-state index contributed by atoms with van der Waals surface area (Å²) in [5, 5.41) is 17.2. The van der Waals surface area contributed by atoms with Crippen LogP contribution >= 0.6 is 27.3 Å². The van der Waals surface area contributed by atoms with Gasteiger partial charge in [0.2, 0.25) is 5.91 Å². The Labute approximate surface area is 208 Å². The first-order valence-corrected chi connectivity index (χ1v) is 13.0.